The van der Waals surface area contributed by atoms with Crippen LogP contribution in [0.2, 0.25) is 0 Å². The minimum atomic E-state index is -1.55. The van der Waals surface area contributed by atoms with Gasteiger partial charge in [-0.3, -0.25) is 43.8 Å². The topological polar surface area (TPSA) is 374 Å². The summed E-state index contributed by atoms with van der Waals surface area (Å²) in [5.74, 6) is -10.6. The fraction of sp³-hybridized carbons (Fsp3) is 0.722. The Kier molecular flexibility index (Phi) is 24.6. The van der Waals surface area contributed by atoms with Gasteiger partial charge in [0, 0.05) is 19.4 Å². The highest BCUT2D eigenvalue weighted by atomic mass is 16.4. The molecule has 0 bridgehead atoms. The predicted molar refractivity (Wildman–Crippen MR) is 210 cm³/mol. The van der Waals surface area contributed by atoms with Crippen LogP contribution in [0.1, 0.15) is 99.3 Å². The number of hydrogen-bond acceptors (Lipinski definition) is 11. The second-order valence-electron chi connectivity index (χ2n) is 14.3. The van der Waals surface area contributed by atoms with E-state index in [1.165, 1.54) is 0 Å². The van der Waals surface area contributed by atoms with E-state index in [2.05, 4.69) is 37.2 Å². The molecule has 22 heteroatoms. The summed E-state index contributed by atoms with van der Waals surface area (Å²) in [4.78, 5) is 114. The number of aliphatic carboxylic acids is 3. The zero-order chi connectivity index (χ0) is 44.7. The van der Waals surface area contributed by atoms with Crippen molar-refractivity contribution in [1.29, 1.82) is 5.41 Å². The minimum absolute atomic E-state index is 0.220. The molecule has 0 saturated carbocycles. The first-order valence-corrected chi connectivity index (χ1v) is 19.4. The molecule has 0 radical (unpaired) electrons. The smallest absolute Gasteiger partial charge is 0.326 e. The zero-order valence-electron chi connectivity index (χ0n) is 34.1. The highest BCUT2D eigenvalue weighted by Crippen LogP contribution is 2.14. The van der Waals surface area contributed by atoms with Crippen LogP contribution in [0.3, 0.4) is 0 Å². The molecule has 0 heterocycles. The number of carbonyl (C=O) groups excluding carboxylic acids is 6. The summed E-state index contributed by atoms with van der Waals surface area (Å²) in [6.45, 7) is 9.82. The van der Waals surface area contributed by atoms with Crippen LogP contribution in [-0.4, -0.2) is 124 Å². The lowest BCUT2D eigenvalue weighted by atomic mass is 9.94. The molecule has 15 N–H and O–H groups in total. The summed E-state index contributed by atoms with van der Waals surface area (Å²) in [7, 11) is 0. The van der Waals surface area contributed by atoms with Crippen LogP contribution in [0.25, 0.3) is 0 Å². The molecule has 0 unspecified atom stereocenters. The van der Waals surface area contributed by atoms with Crippen molar-refractivity contribution in [3.8, 4) is 0 Å². The Morgan fingerprint density at radius 3 is 1.41 bits per heavy atom. The molecule has 0 fully saturated rings. The molecule has 0 aliphatic rings. The predicted octanol–water partition coefficient (Wildman–Crippen LogP) is -1.93. The van der Waals surface area contributed by atoms with Gasteiger partial charge in [0.15, 0.2) is 5.96 Å². The van der Waals surface area contributed by atoms with E-state index in [9.17, 15) is 53.4 Å². The van der Waals surface area contributed by atoms with Crippen molar-refractivity contribution in [2.45, 2.75) is 136 Å². The summed E-state index contributed by atoms with van der Waals surface area (Å²) in [6.07, 6.45) is -0.108. The van der Waals surface area contributed by atoms with E-state index in [1.807, 2.05) is 0 Å². The lowest BCUT2D eigenvalue weighted by Gasteiger charge is -2.30. The highest BCUT2D eigenvalue weighted by molar-refractivity contribution is 5.96. The van der Waals surface area contributed by atoms with Crippen LogP contribution in [0.15, 0.2) is 0 Å². The number of rotatable bonds is 29. The third-order valence-electron chi connectivity index (χ3n) is 9.71. The molecule has 0 rings (SSSR count). The molecule has 0 aromatic heterocycles. The number of nitrogens with one attached hydrogen (secondary N) is 8. The van der Waals surface area contributed by atoms with Crippen molar-refractivity contribution in [2.24, 2.45) is 29.2 Å². The second-order valence-corrected chi connectivity index (χ2v) is 14.3. The largest absolute Gasteiger partial charge is 0.481 e. The molecule has 0 saturated heterocycles. The second kappa shape index (κ2) is 27.2. The van der Waals surface area contributed by atoms with Gasteiger partial charge in [0.2, 0.25) is 35.4 Å². The molecule has 9 atom stereocenters. The van der Waals surface area contributed by atoms with Crippen LogP contribution in [0, 0.1) is 23.2 Å². The van der Waals surface area contributed by atoms with Crippen molar-refractivity contribution in [3.05, 3.63) is 0 Å². The van der Waals surface area contributed by atoms with Crippen LogP contribution in [-0.2, 0) is 43.2 Å². The summed E-state index contributed by atoms with van der Waals surface area (Å²) in [6, 6.07) is -7.68. The molecule has 58 heavy (non-hydrogen) atoms. The molecule has 0 spiro atoms. The highest BCUT2D eigenvalue weighted by Gasteiger charge is 2.35. The van der Waals surface area contributed by atoms with Crippen molar-refractivity contribution in [1.82, 2.24) is 37.2 Å². The van der Waals surface area contributed by atoms with Gasteiger partial charge in [-0.2, -0.15) is 0 Å². The van der Waals surface area contributed by atoms with Gasteiger partial charge in [-0.05, 0) is 43.4 Å². The Morgan fingerprint density at radius 2 is 0.983 bits per heavy atom. The number of carboxylic acids is 3. The van der Waals surface area contributed by atoms with E-state index in [0.717, 1.165) is 0 Å². The van der Waals surface area contributed by atoms with E-state index in [-0.39, 0.29) is 12.4 Å². The molecular formula is C36H64N10O12. The van der Waals surface area contributed by atoms with E-state index in [4.69, 9.17) is 22.0 Å². The van der Waals surface area contributed by atoms with Gasteiger partial charge in [-0.1, -0.05) is 60.8 Å². The molecule has 0 aliphatic heterocycles. The Labute approximate surface area is 338 Å². The standard InChI is InChI=1S/C36H64N10O12/c1-7-18(4)27(32(54)43-23(35(57)58)13-15-26(50)51)44-24(47)17-41-31(53)22(12-14-25(48)49)42-33(55)28(19(5)8-2)46-34(56)29(20(6)9-3)45-30(52)21(37)11-10-16-40-36(38)39/h18-23,27-29H,7-17,37H2,1-6H3,(H,41,53)(H,42,55)(H,43,54)(H,44,47)(H,45,52)(H,46,56)(H,48,49)(H,50,51)(H,57,58)(H4,38,39,40)/t18-,19-,20-,21-,22-,23-,27-,28-,29-/m0/s1. The molecule has 0 aromatic carbocycles. The number of guanidine groups is 1. The van der Waals surface area contributed by atoms with Crippen LogP contribution >= 0.6 is 0 Å². The maximum absolute atomic E-state index is 13.7. The molecule has 22 nitrogen and oxygen atoms in total. The number of nitrogens with two attached hydrogens (primary N) is 2. The zero-order valence-corrected chi connectivity index (χ0v) is 34.1. The number of carboxylic acid groups (broad SMARTS) is 3. The maximum atomic E-state index is 13.7. The SMILES string of the molecule is CC[C@H](C)[C@H](NC(=O)CNC(=O)[C@H](CCC(=O)O)NC(=O)[C@@H](NC(=O)[C@@H](NC(=O)[C@@H](N)CCCNC(=N)N)[C@@H](C)CC)[C@@H](C)CC)C(=O)N[C@@H](CCC(=O)O)C(=O)O. The van der Waals surface area contributed by atoms with Crippen molar-refractivity contribution in [3.63, 3.8) is 0 Å². The van der Waals surface area contributed by atoms with Crippen LogP contribution < -0.4 is 48.7 Å². The fourth-order valence-corrected chi connectivity index (χ4v) is 5.39. The maximum Gasteiger partial charge on any atom is 0.326 e. The summed E-state index contributed by atoms with van der Waals surface area (Å²) < 4.78 is 0. The van der Waals surface area contributed by atoms with Gasteiger partial charge in [0.05, 0.1) is 12.6 Å². The van der Waals surface area contributed by atoms with E-state index < -0.39 is 140 Å². The van der Waals surface area contributed by atoms with Crippen LogP contribution in [0.5, 0.6) is 0 Å². The number of carbonyl (C=O) groups is 9. The Hall–Kier alpha value is -5.54. The van der Waals surface area contributed by atoms with Gasteiger partial charge in [0.25, 0.3) is 0 Å². The van der Waals surface area contributed by atoms with Gasteiger partial charge in [-0.15, -0.1) is 0 Å². The number of hydrogen-bond donors (Lipinski definition) is 13. The summed E-state index contributed by atoms with van der Waals surface area (Å²) in [5.41, 5.74) is 11.3. The molecule has 6 amide bonds. The van der Waals surface area contributed by atoms with Crippen molar-refractivity contribution < 1.29 is 58.5 Å². The van der Waals surface area contributed by atoms with E-state index in [0.29, 0.717) is 32.2 Å². The lowest BCUT2D eigenvalue weighted by Crippen LogP contribution is -2.60. The lowest BCUT2D eigenvalue weighted by molar-refractivity contribution is -0.144. The first-order chi connectivity index (χ1) is 27.1. The third kappa shape index (κ3) is 20.1. The monoisotopic (exact) mass is 828 g/mol. The van der Waals surface area contributed by atoms with Gasteiger partial charge in [-0.25, -0.2) is 4.79 Å². The van der Waals surface area contributed by atoms with Gasteiger partial charge >= 0.3 is 17.9 Å². The summed E-state index contributed by atoms with van der Waals surface area (Å²) >= 11 is 0. The summed E-state index contributed by atoms with van der Waals surface area (Å²) in [5, 5.41) is 52.3. The van der Waals surface area contributed by atoms with Crippen molar-refractivity contribution in [2.75, 3.05) is 13.1 Å². The Morgan fingerprint density at radius 1 is 0.569 bits per heavy atom. The first-order valence-electron chi connectivity index (χ1n) is 19.4. The Balaban J connectivity index is 5.98. The molecule has 0 aromatic rings. The Bertz CT molecular complexity index is 1450. The van der Waals surface area contributed by atoms with Gasteiger partial charge in [0.1, 0.15) is 30.2 Å². The van der Waals surface area contributed by atoms with Crippen LogP contribution in [0.4, 0.5) is 0 Å². The normalized spacial score (nSPS) is 15.6. The quantitative estimate of drug-likeness (QED) is 0.0222. The molecule has 0 aliphatic carbocycles. The van der Waals surface area contributed by atoms with E-state index in [1.54, 1.807) is 41.5 Å². The fourth-order valence-electron chi connectivity index (χ4n) is 5.39. The van der Waals surface area contributed by atoms with Gasteiger partial charge < -0.3 is 64.0 Å². The molecule has 330 valence electrons. The number of amides is 6. The first kappa shape index (κ1) is 52.5. The molecular weight excluding hydrogens is 764 g/mol. The third-order valence-corrected chi connectivity index (χ3v) is 9.71. The average molecular weight is 829 g/mol. The van der Waals surface area contributed by atoms with Crippen molar-refractivity contribution >= 4 is 59.3 Å². The van der Waals surface area contributed by atoms with E-state index >= 15 is 0 Å². The minimum Gasteiger partial charge on any atom is -0.481 e. The average Bonchev–Trinajstić information content (AvgIpc) is 3.16.